The summed E-state index contributed by atoms with van der Waals surface area (Å²) in [5.41, 5.74) is 1.50. The summed E-state index contributed by atoms with van der Waals surface area (Å²) in [6.45, 7) is 2.18. The minimum atomic E-state index is -0.590. The van der Waals surface area contributed by atoms with Crippen LogP contribution in [0.4, 0.5) is 0 Å². The fourth-order valence-corrected chi connectivity index (χ4v) is 3.86. The third-order valence-electron chi connectivity index (χ3n) is 4.60. The van der Waals surface area contributed by atoms with Crippen molar-refractivity contribution in [3.63, 3.8) is 0 Å². The minimum absolute atomic E-state index is 0.0206. The molecule has 0 unspecified atom stereocenters. The maximum absolute atomic E-state index is 12.7. The smallest absolute Gasteiger partial charge is 0.359 e. The van der Waals surface area contributed by atoms with E-state index in [1.165, 1.54) is 16.0 Å². The Morgan fingerprint density at radius 2 is 1.83 bits per heavy atom. The Kier molecular flexibility index (Phi) is 5.58. The first-order valence-electron chi connectivity index (χ1n) is 9.36. The zero-order chi connectivity index (χ0) is 21.1. The number of nitrogens with zero attached hydrogens (tertiary/aromatic N) is 3. The van der Waals surface area contributed by atoms with Crippen molar-refractivity contribution in [3.05, 3.63) is 75.7 Å². The van der Waals surface area contributed by atoms with Gasteiger partial charge >= 0.3 is 5.97 Å². The van der Waals surface area contributed by atoms with Crippen molar-refractivity contribution in [1.82, 2.24) is 14.8 Å². The number of hydrogen-bond donors (Lipinski definition) is 0. The maximum Gasteiger partial charge on any atom is 0.359 e. The fraction of sp³-hybridized carbons (Fsp3) is 0.182. The summed E-state index contributed by atoms with van der Waals surface area (Å²) in [6, 6.07) is 14.5. The van der Waals surface area contributed by atoms with Crippen molar-refractivity contribution in [1.29, 1.82) is 0 Å². The zero-order valence-corrected chi connectivity index (χ0v) is 17.3. The molecule has 0 N–H and O–H groups in total. The van der Waals surface area contributed by atoms with Gasteiger partial charge in [0.1, 0.15) is 17.4 Å². The lowest BCUT2D eigenvalue weighted by Crippen LogP contribution is -2.25. The molecular weight excluding hydrogens is 402 g/mol. The Morgan fingerprint density at radius 3 is 2.53 bits per heavy atom. The molecule has 0 amide bonds. The zero-order valence-electron chi connectivity index (χ0n) is 16.5. The van der Waals surface area contributed by atoms with Crippen LogP contribution in [-0.2, 0) is 17.9 Å². The third-order valence-corrected chi connectivity index (χ3v) is 5.54. The predicted molar refractivity (Wildman–Crippen MR) is 115 cm³/mol. The first kappa shape index (κ1) is 19.8. The number of methoxy groups -OCH3 is 1. The summed E-state index contributed by atoms with van der Waals surface area (Å²) in [7, 11) is 1.62. The van der Waals surface area contributed by atoms with Gasteiger partial charge in [0.2, 0.25) is 0 Å². The fourth-order valence-electron chi connectivity index (χ4n) is 3.05. The van der Waals surface area contributed by atoms with Gasteiger partial charge in [0.25, 0.3) is 5.56 Å². The average molecular weight is 421 g/mol. The molecule has 0 aliphatic heterocycles. The number of esters is 1. The Balaban J connectivity index is 1.54. The van der Waals surface area contributed by atoms with Crippen LogP contribution in [0.15, 0.2) is 58.7 Å². The molecule has 30 heavy (non-hydrogen) atoms. The second-order valence-electron chi connectivity index (χ2n) is 6.46. The number of carbonyl (C=O) groups is 1. The van der Waals surface area contributed by atoms with E-state index in [2.05, 4.69) is 10.1 Å². The first-order chi connectivity index (χ1) is 14.6. The Labute approximate surface area is 176 Å². The first-order valence-corrected chi connectivity index (χ1v) is 10.2. The summed E-state index contributed by atoms with van der Waals surface area (Å²) in [5, 5.41) is 7.80. The molecule has 8 heteroatoms. The van der Waals surface area contributed by atoms with E-state index >= 15 is 0 Å². The predicted octanol–water partition coefficient (Wildman–Crippen LogP) is 3.91. The molecule has 0 fully saturated rings. The lowest BCUT2D eigenvalue weighted by molar-refractivity contribution is 0.0461. The largest absolute Gasteiger partial charge is 0.497 e. The van der Waals surface area contributed by atoms with Crippen LogP contribution < -0.4 is 10.3 Å². The van der Waals surface area contributed by atoms with Gasteiger partial charge in [-0.1, -0.05) is 18.2 Å². The van der Waals surface area contributed by atoms with Gasteiger partial charge in [0.05, 0.1) is 18.2 Å². The number of rotatable bonds is 6. The number of fused-ring (bicyclic) bond motifs is 1. The van der Waals surface area contributed by atoms with Gasteiger partial charge in [-0.15, -0.1) is 11.3 Å². The van der Waals surface area contributed by atoms with Crippen LogP contribution in [0.3, 0.4) is 0 Å². The van der Waals surface area contributed by atoms with Crippen LogP contribution in [-0.4, -0.2) is 27.8 Å². The highest BCUT2D eigenvalue weighted by Gasteiger charge is 2.18. The molecule has 0 saturated heterocycles. The number of thiazole rings is 1. The van der Waals surface area contributed by atoms with Gasteiger partial charge < -0.3 is 9.47 Å². The Morgan fingerprint density at radius 1 is 1.10 bits per heavy atom. The van der Waals surface area contributed by atoms with Crippen LogP contribution in [0, 0.1) is 0 Å². The van der Waals surface area contributed by atoms with E-state index < -0.39 is 5.97 Å². The van der Waals surface area contributed by atoms with E-state index in [0.29, 0.717) is 23.0 Å². The molecular formula is C22H19N3O4S. The van der Waals surface area contributed by atoms with E-state index in [0.717, 1.165) is 16.3 Å². The molecule has 152 valence electrons. The van der Waals surface area contributed by atoms with Gasteiger partial charge in [-0.2, -0.15) is 5.10 Å². The second kappa shape index (κ2) is 8.46. The van der Waals surface area contributed by atoms with E-state index in [9.17, 15) is 9.59 Å². The maximum atomic E-state index is 12.7. The SMILES string of the molecule is CCn1nc(C(=O)OCc2csc(-c3ccc(OC)cc3)n2)c2ccccc2c1=O. The number of carbonyl (C=O) groups excluding carboxylic acids is 1. The van der Waals surface area contributed by atoms with Crippen LogP contribution in [0.1, 0.15) is 23.1 Å². The molecule has 0 aliphatic rings. The summed E-state index contributed by atoms with van der Waals surface area (Å²) in [4.78, 5) is 29.7. The molecule has 4 rings (SSSR count). The highest BCUT2D eigenvalue weighted by Crippen LogP contribution is 2.26. The van der Waals surface area contributed by atoms with Crippen molar-refractivity contribution in [3.8, 4) is 16.3 Å². The van der Waals surface area contributed by atoms with Crippen molar-refractivity contribution in [2.75, 3.05) is 7.11 Å². The minimum Gasteiger partial charge on any atom is -0.497 e. The molecule has 0 atom stereocenters. The van der Waals surface area contributed by atoms with E-state index in [1.54, 1.807) is 38.3 Å². The standard InChI is InChI=1S/C22H19N3O4S/c1-3-25-21(26)18-7-5-4-6-17(18)19(24-25)22(27)29-12-15-13-30-20(23-15)14-8-10-16(28-2)11-9-14/h4-11,13H,3,12H2,1-2H3. The van der Waals surface area contributed by atoms with Gasteiger partial charge in [0.15, 0.2) is 5.69 Å². The number of benzene rings is 2. The number of hydrogen-bond acceptors (Lipinski definition) is 7. The number of aromatic nitrogens is 3. The highest BCUT2D eigenvalue weighted by atomic mass is 32.1. The van der Waals surface area contributed by atoms with E-state index in [1.807, 2.05) is 29.6 Å². The summed E-state index contributed by atoms with van der Waals surface area (Å²) >= 11 is 1.47. The molecule has 2 aromatic heterocycles. The monoisotopic (exact) mass is 421 g/mol. The van der Waals surface area contributed by atoms with Gasteiger partial charge in [-0.3, -0.25) is 4.79 Å². The quantitative estimate of drug-likeness (QED) is 0.439. The normalized spacial score (nSPS) is 10.9. The summed E-state index contributed by atoms with van der Waals surface area (Å²) in [5.74, 6) is 0.185. The van der Waals surface area contributed by atoms with Gasteiger partial charge in [-0.05, 0) is 37.3 Å². The Bertz CT molecular complexity index is 1260. The molecule has 2 heterocycles. The highest BCUT2D eigenvalue weighted by molar-refractivity contribution is 7.13. The van der Waals surface area contributed by atoms with Crippen molar-refractivity contribution < 1.29 is 14.3 Å². The van der Waals surface area contributed by atoms with Crippen LogP contribution >= 0.6 is 11.3 Å². The van der Waals surface area contributed by atoms with Crippen LogP contribution in [0.2, 0.25) is 0 Å². The van der Waals surface area contributed by atoms with Gasteiger partial charge in [0, 0.05) is 22.9 Å². The molecule has 0 bridgehead atoms. The van der Waals surface area contributed by atoms with Crippen LogP contribution in [0.5, 0.6) is 5.75 Å². The molecule has 0 radical (unpaired) electrons. The van der Waals surface area contributed by atoms with E-state index in [4.69, 9.17) is 9.47 Å². The average Bonchev–Trinajstić information content (AvgIpc) is 3.27. The summed E-state index contributed by atoms with van der Waals surface area (Å²) < 4.78 is 11.9. The molecule has 0 spiro atoms. The number of ether oxygens (including phenoxy) is 2. The Hall–Kier alpha value is -3.52. The molecule has 7 nitrogen and oxygen atoms in total. The number of aryl methyl sites for hydroxylation is 1. The van der Waals surface area contributed by atoms with Crippen molar-refractivity contribution in [2.24, 2.45) is 0 Å². The lowest BCUT2D eigenvalue weighted by atomic mass is 10.1. The van der Waals surface area contributed by atoms with Crippen molar-refractivity contribution in [2.45, 2.75) is 20.1 Å². The van der Waals surface area contributed by atoms with Crippen LogP contribution in [0.25, 0.3) is 21.3 Å². The molecule has 0 saturated carbocycles. The van der Waals surface area contributed by atoms with Crippen molar-refractivity contribution >= 4 is 28.1 Å². The lowest BCUT2D eigenvalue weighted by Gasteiger charge is -2.09. The second-order valence-corrected chi connectivity index (χ2v) is 7.32. The van der Waals surface area contributed by atoms with E-state index in [-0.39, 0.29) is 17.9 Å². The molecule has 4 aromatic rings. The summed E-state index contributed by atoms with van der Waals surface area (Å²) in [6.07, 6.45) is 0. The molecule has 0 aliphatic carbocycles. The van der Waals surface area contributed by atoms with Gasteiger partial charge in [-0.25, -0.2) is 14.5 Å². The topological polar surface area (TPSA) is 83.3 Å². The molecule has 2 aromatic carbocycles. The third kappa shape index (κ3) is 3.81.